The molecule has 4 nitrogen and oxygen atoms in total. The average Bonchev–Trinajstić information content (AvgIpc) is 2.42. The molecule has 0 saturated carbocycles. The average molecular weight is 265 g/mol. The SMILES string of the molecule is COc1ncnc(OCCc2ccccc2)c1Cl. The van der Waals surface area contributed by atoms with E-state index in [4.69, 9.17) is 21.1 Å². The Hall–Kier alpha value is -1.81. The Labute approximate surface area is 111 Å². The zero-order chi connectivity index (χ0) is 12.8. The number of halogens is 1. The Bertz CT molecular complexity index is 506. The number of ether oxygens (including phenoxy) is 2. The van der Waals surface area contributed by atoms with Crippen molar-refractivity contribution in [1.82, 2.24) is 9.97 Å². The van der Waals surface area contributed by atoms with Crippen LogP contribution in [-0.4, -0.2) is 23.7 Å². The molecule has 0 saturated heterocycles. The maximum absolute atomic E-state index is 6.02. The molecule has 0 radical (unpaired) electrons. The van der Waals surface area contributed by atoms with Gasteiger partial charge in [0.1, 0.15) is 6.33 Å². The lowest BCUT2D eigenvalue weighted by molar-refractivity contribution is 0.304. The van der Waals surface area contributed by atoms with Crippen molar-refractivity contribution in [3.8, 4) is 11.8 Å². The first-order valence-corrected chi connectivity index (χ1v) is 5.90. The molecule has 0 N–H and O–H groups in total. The first-order valence-electron chi connectivity index (χ1n) is 5.52. The van der Waals surface area contributed by atoms with E-state index in [-0.39, 0.29) is 0 Å². The van der Waals surface area contributed by atoms with Gasteiger partial charge in [0.25, 0.3) is 0 Å². The van der Waals surface area contributed by atoms with Gasteiger partial charge in [-0.25, -0.2) is 9.97 Å². The lowest BCUT2D eigenvalue weighted by Gasteiger charge is -2.08. The molecule has 5 heteroatoms. The number of benzene rings is 1. The molecular formula is C13H13ClN2O2. The third-order valence-corrected chi connectivity index (χ3v) is 2.71. The predicted molar refractivity (Wildman–Crippen MR) is 69.2 cm³/mol. The maximum Gasteiger partial charge on any atom is 0.239 e. The van der Waals surface area contributed by atoms with Crippen LogP contribution in [0.4, 0.5) is 0 Å². The van der Waals surface area contributed by atoms with Gasteiger partial charge >= 0.3 is 0 Å². The van der Waals surface area contributed by atoms with E-state index in [1.54, 1.807) is 0 Å². The number of methoxy groups -OCH3 is 1. The van der Waals surface area contributed by atoms with Gasteiger partial charge in [0.05, 0.1) is 13.7 Å². The van der Waals surface area contributed by atoms with Gasteiger partial charge in [0.15, 0.2) is 5.02 Å². The molecule has 2 rings (SSSR count). The number of hydrogen-bond donors (Lipinski definition) is 0. The van der Waals surface area contributed by atoms with Gasteiger partial charge < -0.3 is 9.47 Å². The van der Waals surface area contributed by atoms with E-state index in [0.29, 0.717) is 23.4 Å². The maximum atomic E-state index is 6.02. The van der Waals surface area contributed by atoms with Gasteiger partial charge in [-0.15, -0.1) is 0 Å². The molecule has 1 heterocycles. The van der Waals surface area contributed by atoms with E-state index in [9.17, 15) is 0 Å². The summed E-state index contributed by atoms with van der Waals surface area (Å²) in [6, 6.07) is 10.1. The summed E-state index contributed by atoms with van der Waals surface area (Å²) in [5.74, 6) is 0.667. The largest absolute Gasteiger partial charge is 0.480 e. The Morgan fingerprint density at radius 3 is 2.56 bits per heavy atom. The molecule has 0 aliphatic heterocycles. The van der Waals surface area contributed by atoms with Crippen LogP contribution in [0.25, 0.3) is 0 Å². The molecule has 18 heavy (non-hydrogen) atoms. The van der Waals surface area contributed by atoms with Crippen LogP contribution >= 0.6 is 11.6 Å². The van der Waals surface area contributed by atoms with Gasteiger partial charge in [0, 0.05) is 6.42 Å². The topological polar surface area (TPSA) is 44.2 Å². The lowest BCUT2D eigenvalue weighted by atomic mass is 10.2. The van der Waals surface area contributed by atoms with Gasteiger partial charge in [0.2, 0.25) is 11.8 Å². The minimum atomic E-state index is 0.299. The zero-order valence-corrected chi connectivity index (χ0v) is 10.7. The first-order chi connectivity index (χ1) is 8.81. The fourth-order valence-corrected chi connectivity index (χ4v) is 1.72. The molecule has 2 aromatic rings. The molecule has 0 aliphatic rings. The van der Waals surface area contributed by atoms with E-state index < -0.39 is 0 Å². The van der Waals surface area contributed by atoms with E-state index in [1.807, 2.05) is 30.3 Å². The third kappa shape index (κ3) is 3.11. The standard InChI is InChI=1S/C13H13ClN2O2/c1-17-12-11(14)13(16-9-15-12)18-8-7-10-5-3-2-4-6-10/h2-6,9H,7-8H2,1H3. The highest BCUT2D eigenvalue weighted by atomic mass is 35.5. The van der Waals surface area contributed by atoms with Gasteiger partial charge in [-0.05, 0) is 5.56 Å². The van der Waals surface area contributed by atoms with Gasteiger partial charge in [-0.3, -0.25) is 0 Å². The third-order valence-electron chi connectivity index (χ3n) is 2.39. The van der Waals surface area contributed by atoms with Crippen molar-refractivity contribution >= 4 is 11.6 Å². The van der Waals surface area contributed by atoms with Crippen molar-refractivity contribution in [2.45, 2.75) is 6.42 Å². The minimum Gasteiger partial charge on any atom is -0.480 e. The quantitative estimate of drug-likeness (QED) is 0.833. The smallest absolute Gasteiger partial charge is 0.239 e. The van der Waals surface area contributed by atoms with Crippen LogP contribution in [0, 0.1) is 0 Å². The molecule has 1 aromatic heterocycles. The van der Waals surface area contributed by atoms with E-state index in [1.165, 1.54) is 19.0 Å². The Balaban J connectivity index is 1.95. The molecular weight excluding hydrogens is 252 g/mol. The summed E-state index contributed by atoms with van der Waals surface area (Å²) >= 11 is 6.02. The second kappa shape index (κ2) is 6.21. The highest BCUT2D eigenvalue weighted by Gasteiger charge is 2.10. The highest BCUT2D eigenvalue weighted by Crippen LogP contribution is 2.29. The monoisotopic (exact) mass is 264 g/mol. The van der Waals surface area contributed by atoms with Crippen LogP contribution in [0.3, 0.4) is 0 Å². The first kappa shape index (κ1) is 12.6. The van der Waals surface area contributed by atoms with Crippen molar-refractivity contribution in [3.63, 3.8) is 0 Å². The molecule has 0 bridgehead atoms. The fraction of sp³-hybridized carbons (Fsp3) is 0.231. The second-order valence-corrected chi connectivity index (χ2v) is 3.96. The van der Waals surface area contributed by atoms with Crippen LogP contribution in [0.2, 0.25) is 5.02 Å². The molecule has 0 atom stereocenters. The van der Waals surface area contributed by atoms with Crippen molar-refractivity contribution in [1.29, 1.82) is 0 Å². The van der Waals surface area contributed by atoms with E-state index in [0.717, 1.165) is 6.42 Å². The summed E-state index contributed by atoms with van der Waals surface area (Å²) < 4.78 is 10.5. The molecule has 0 unspecified atom stereocenters. The van der Waals surface area contributed by atoms with Crippen LogP contribution in [-0.2, 0) is 6.42 Å². The molecule has 1 aromatic carbocycles. The van der Waals surface area contributed by atoms with Crippen molar-refractivity contribution in [2.75, 3.05) is 13.7 Å². The number of hydrogen-bond acceptors (Lipinski definition) is 4. The zero-order valence-electron chi connectivity index (χ0n) is 9.97. The lowest BCUT2D eigenvalue weighted by Crippen LogP contribution is -2.04. The number of rotatable bonds is 5. The molecule has 0 aliphatic carbocycles. The summed E-state index contributed by atoms with van der Waals surface area (Å²) in [5.41, 5.74) is 1.20. The number of nitrogens with zero attached hydrogens (tertiary/aromatic N) is 2. The molecule has 94 valence electrons. The second-order valence-electron chi connectivity index (χ2n) is 3.59. The normalized spacial score (nSPS) is 10.1. The summed E-state index contributed by atoms with van der Waals surface area (Å²) in [6.07, 6.45) is 2.16. The van der Waals surface area contributed by atoms with E-state index in [2.05, 4.69) is 9.97 Å². The van der Waals surface area contributed by atoms with Crippen molar-refractivity contribution in [2.24, 2.45) is 0 Å². The Morgan fingerprint density at radius 2 is 1.83 bits per heavy atom. The van der Waals surface area contributed by atoms with Crippen LogP contribution in [0.5, 0.6) is 11.8 Å². The summed E-state index contributed by atoms with van der Waals surface area (Å²) in [5, 5.41) is 0.299. The number of aromatic nitrogens is 2. The van der Waals surface area contributed by atoms with E-state index >= 15 is 0 Å². The van der Waals surface area contributed by atoms with Crippen molar-refractivity contribution in [3.05, 3.63) is 47.2 Å². The predicted octanol–water partition coefficient (Wildman–Crippen LogP) is 2.76. The molecule has 0 amide bonds. The Kier molecular flexibility index (Phi) is 4.36. The van der Waals surface area contributed by atoms with Crippen molar-refractivity contribution < 1.29 is 9.47 Å². The van der Waals surface area contributed by atoms with Crippen LogP contribution in [0.15, 0.2) is 36.7 Å². The van der Waals surface area contributed by atoms with Gasteiger partial charge in [-0.1, -0.05) is 41.9 Å². The fourth-order valence-electron chi connectivity index (χ4n) is 1.49. The molecule has 0 spiro atoms. The van der Waals surface area contributed by atoms with Gasteiger partial charge in [-0.2, -0.15) is 0 Å². The van der Waals surface area contributed by atoms with Crippen LogP contribution < -0.4 is 9.47 Å². The summed E-state index contributed by atoms with van der Waals surface area (Å²) in [6.45, 7) is 0.504. The van der Waals surface area contributed by atoms with Crippen LogP contribution in [0.1, 0.15) is 5.56 Å². The summed E-state index contributed by atoms with van der Waals surface area (Å²) in [7, 11) is 1.50. The highest BCUT2D eigenvalue weighted by molar-refractivity contribution is 6.33. The minimum absolute atomic E-state index is 0.299. The Morgan fingerprint density at radius 1 is 1.11 bits per heavy atom. The molecule has 0 fully saturated rings. The summed E-state index contributed by atoms with van der Waals surface area (Å²) in [4.78, 5) is 7.85.